The minimum absolute atomic E-state index is 0.0234. The Hall–Kier alpha value is -1.31. The molecule has 1 aliphatic carbocycles. The number of hydrogen-bond donors (Lipinski definition) is 2. The number of likely N-dealkylation sites (tertiary alicyclic amines) is 1. The number of rotatable bonds is 5. The van der Waals surface area contributed by atoms with Gasteiger partial charge in [-0.1, -0.05) is 0 Å². The van der Waals surface area contributed by atoms with Gasteiger partial charge >= 0.3 is 0 Å². The first-order valence-corrected chi connectivity index (χ1v) is 11.3. The first-order valence-electron chi connectivity index (χ1n) is 9.23. The van der Waals surface area contributed by atoms with E-state index >= 15 is 0 Å². The number of piperidine rings is 1. The molecule has 2 saturated heterocycles. The van der Waals surface area contributed by atoms with E-state index in [1.807, 2.05) is 6.92 Å². The van der Waals surface area contributed by atoms with Crippen molar-refractivity contribution in [3.63, 3.8) is 0 Å². The zero-order chi connectivity index (χ0) is 18.1. The molecule has 0 bridgehead atoms. The van der Waals surface area contributed by atoms with Crippen LogP contribution in [0.1, 0.15) is 39.0 Å². The Morgan fingerprint density at radius 2 is 2.12 bits per heavy atom. The van der Waals surface area contributed by atoms with Crippen LogP contribution in [0.15, 0.2) is 4.99 Å². The quantitative estimate of drug-likeness (QED) is 0.539. The maximum Gasteiger partial charge on any atom is 0.220 e. The van der Waals surface area contributed by atoms with E-state index < -0.39 is 9.84 Å². The highest BCUT2D eigenvalue weighted by molar-refractivity contribution is 7.90. The second-order valence-electron chi connectivity index (χ2n) is 8.22. The van der Waals surface area contributed by atoms with Crippen molar-refractivity contribution < 1.29 is 13.2 Å². The summed E-state index contributed by atoms with van der Waals surface area (Å²) in [5.74, 6) is 1.24. The third-order valence-electron chi connectivity index (χ3n) is 5.58. The van der Waals surface area contributed by atoms with Gasteiger partial charge in [0, 0.05) is 56.2 Å². The van der Waals surface area contributed by atoms with Crippen molar-refractivity contribution in [3.05, 3.63) is 0 Å². The van der Waals surface area contributed by atoms with Gasteiger partial charge in [-0.2, -0.15) is 0 Å². The average Bonchev–Trinajstić information content (AvgIpc) is 3.18. The number of sulfone groups is 1. The number of carbonyl (C=O) groups excluding carboxylic acids is 1. The van der Waals surface area contributed by atoms with Crippen LogP contribution >= 0.6 is 0 Å². The summed E-state index contributed by atoms with van der Waals surface area (Å²) in [5.41, 5.74) is -0.137. The molecule has 7 nitrogen and oxygen atoms in total. The van der Waals surface area contributed by atoms with Gasteiger partial charge in [-0.15, -0.1) is 0 Å². The average molecular weight is 371 g/mol. The molecule has 1 amide bonds. The summed E-state index contributed by atoms with van der Waals surface area (Å²) in [7, 11) is -2.98. The monoisotopic (exact) mass is 370 g/mol. The molecule has 2 N–H and O–H groups in total. The second-order valence-corrected chi connectivity index (χ2v) is 10.4. The van der Waals surface area contributed by atoms with Crippen LogP contribution in [0.3, 0.4) is 0 Å². The third-order valence-corrected chi connectivity index (χ3v) is 6.72. The number of nitrogens with zero attached hydrogens (tertiary/aromatic N) is 2. The van der Waals surface area contributed by atoms with Crippen molar-refractivity contribution in [2.75, 3.05) is 44.7 Å². The van der Waals surface area contributed by atoms with Crippen molar-refractivity contribution in [1.82, 2.24) is 15.5 Å². The molecule has 0 aromatic carbocycles. The smallest absolute Gasteiger partial charge is 0.220 e. The van der Waals surface area contributed by atoms with Crippen molar-refractivity contribution in [3.8, 4) is 0 Å². The predicted molar refractivity (Wildman–Crippen MR) is 98.2 cm³/mol. The molecule has 142 valence electrons. The van der Waals surface area contributed by atoms with Crippen LogP contribution in [-0.4, -0.2) is 69.9 Å². The summed E-state index contributed by atoms with van der Waals surface area (Å²) in [6.45, 7) is 5.89. The molecule has 3 rings (SSSR count). The minimum atomic E-state index is -2.98. The maximum atomic E-state index is 11.7. The number of hydrogen-bond acceptors (Lipinski definition) is 4. The lowest BCUT2D eigenvalue weighted by Crippen LogP contribution is -2.51. The van der Waals surface area contributed by atoms with Gasteiger partial charge in [0.25, 0.3) is 0 Å². The number of amides is 1. The molecule has 0 radical (unpaired) electrons. The number of nitrogens with one attached hydrogen (secondary N) is 2. The molecule has 8 heteroatoms. The molecule has 0 aromatic rings. The number of aliphatic imine (C=N–C) groups is 1. The summed E-state index contributed by atoms with van der Waals surface area (Å²) < 4.78 is 23.3. The summed E-state index contributed by atoms with van der Waals surface area (Å²) in [4.78, 5) is 18.7. The first kappa shape index (κ1) is 18.5. The van der Waals surface area contributed by atoms with Crippen molar-refractivity contribution >= 4 is 21.7 Å². The molecule has 2 heterocycles. The van der Waals surface area contributed by atoms with Crippen LogP contribution in [-0.2, 0) is 14.6 Å². The second kappa shape index (κ2) is 6.78. The molecule has 3 aliphatic rings. The van der Waals surface area contributed by atoms with Gasteiger partial charge in [0.15, 0.2) is 5.96 Å². The molecule has 1 saturated carbocycles. The SMILES string of the molecule is CCNC(=NCC1(CS(C)(=O)=O)CC1)N1CCCC2(CNC(=O)C2)C1. The topological polar surface area (TPSA) is 90.9 Å². The van der Waals surface area contributed by atoms with E-state index in [-0.39, 0.29) is 22.5 Å². The summed E-state index contributed by atoms with van der Waals surface area (Å²) in [5, 5.41) is 6.33. The molecular formula is C17H30N4O3S. The van der Waals surface area contributed by atoms with Crippen molar-refractivity contribution in [1.29, 1.82) is 0 Å². The lowest BCUT2D eigenvalue weighted by Gasteiger charge is -2.41. The number of carbonyl (C=O) groups is 1. The highest BCUT2D eigenvalue weighted by Gasteiger charge is 2.46. The van der Waals surface area contributed by atoms with Gasteiger partial charge < -0.3 is 15.5 Å². The Kier molecular flexibility index (Phi) is 5.01. The van der Waals surface area contributed by atoms with E-state index in [1.54, 1.807) is 0 Å². The fourth-order valence-electron chi connectivity index (χ4n) is 4.18. The van der Waals surface area contributed by atoms with Gasteiger partial charge in [-0.25, -0.2) is 8.42 Å². The third kappa shape index (κ3) is 4.65. The fraction of sp³-hybridized carbons (Fsp3) is 0.882. The normalized spacial score (nSPS) is 29.0. The van der Waals surface area contributed by atoms with Gasteiger partial charge in [-0.05, 0) is 32.6 Å². The van der Waals surface area contributed by atoms with Crippen molar-refractivity contribution in [2.45, 2.75) is 39.0 Å². The highest BCUT2D eigenvalue weighted by Crippen LogP contribution is 2.47. The summed E-state index contributed by atoms with van der Waals surface area (Å²) in [6.07, 6.45) is 5.89. The molecule has 25 heavy (non-hydrogen) atoms. The molecular weight excluding hydrogens is 340 g/mol. The van der Waals surface area contributed by atoms with Crippen LogP contribution in [0.5, 0.6) is 0 Å². The van der Waals surface area contributed by atoms with E-state index in [0.717, 1.165) is 57.8 Å². The zero-order valence-corrected chi connectivity index (χ0v) is 16.1. The molecule has 1 unspecified atom stereocenters. The summed E-state index contributed by atoms with van der Waals surface area (Å²) >= 11 is 0. The highest BCUT2D eigenvalue weighted by atomic mass is 32.2. The standard InChI is InChI=1S/C17H30N4O3S/c1-3-18-15(20-10-16(6-7-16)13-25(2,23)24)21-8-4-5-17(12-21)9-14(22)19-11-17/h3-13H2,1-2H3,(H,18,20)(H,19,22). The Balaban J connectivity index is 1.69. The zero-order valence-electron chi connectivity index (χ0n) is 15.3. The Bertz CT molecular complexity index is 657. The van der Waals surface area contributed by atoms with Crippen molar-refractivity contribution in [2.24, 2.45) is 15.8 Å². The predicted octanol–water partition coefficient (Wildman–Crippen LogP) is 0.379. The lowest BCUT2D eigenvalue weighted by molar-refractivity contribution is -0.119. The summed E-state index contributed by atoms with van der Waals surface area (Å²) in [6, 6.07) is 0. The van der Waals surface area contributed by atoms with Gasteiger partial charge in [0.2, 0.25) is 5.91 Å². The van der Waals surface area contributed by atoms with E-state index in [9.17, 15) is 13.2 Å². The lowest BCUT2D eigenvalue weighted by atomic mass is 9.79. The van der Waals surface area contributed by atoms with E-state index in [1.165, 1.54) is 6.26 Å². The molecule has 0 aromatic heterocycles. The molecule has 3 fully saturated rings. The molecule has 2 aliphatic heterocycles. The van der Waals surface area contributed by atoms with Gasteiger partial charge in [-0.3, -0.25) is 9.79 Å². The van der Waals surface area contributed by atoms with Gasteiger partial charge in [0.1, 0.15) is 9.84 Å². The van der Waals surface area contributed by atoms with E-state index in [0.29, 0.717) is 13.0 Å². The largest absolute Gasteiger partial charge is 0.357 e. The van der Waals surface area contributed by atoms with Crippen LogP contribution in [0.25, 0.3) is 0 Å². The van der Waals surface area contributed by atoms with Crippen LogP contribution in [0, 0.1) is 10.8 Å². The van der Waals surface area contributed by atoms with E-state index in [4.69, 9.17) is 4.99 Å². The van der Waals surface area contributed by atoms with Crippen LogP contribution < -0.4 is 10.6 Å². The van der Waals surface area contributed by atoms with E-state index in [2.05, 4.69) is 15.5 Å². The molecule has 1 atom stereocenters. The Morgan fingerprint density at radius 3 is 2.68 bits per heavy atom. The minimum Gasteiger partial charge on any atom is -0.357 e. The van der Waals surface area contributed by atoms with Crippen LogP contribution in [0.4, 0.5) is 0 Å². The van der Waals surface area contributed by atoms with Gasteiger partial charge in [0.05, 0.1) is 5.75 Å². The Labute approximate surface area is 150 Å². The maximum absolute atomic E-state index is 11.7. The fourth-order valence-corrected chi connectivity index (χ4v) is 5.67. The Morgan fingerprint density at radius 1 is 1.36 bits per heavy atom. The number of guanidine groups is 1. The first-order chi connectivity index (χ1) is 11.7. The molecule has 1 spiro atoms. The van der Waals surface area contributed by atoms with Crippen LogP contribution in [0.2, 0.25) is 0 Å².